The van der Waals surface area contributed by atoms with Crippen LogP contribution in [0.3, 0.4) is 0 Å². The zero-order chi connectivity index (χ0) is 18.8. The maximum Gasteiger partial charge on any atom is 0.119 e. The molecule has 27 heavy (non-hydrogen) atoms. The van der Waals surface area contributed by atoms with Crippen molar-refractivity contribution in [1.29, 1.82) is 0 Å². The summed E-state index contributed by atoms with van der Waals surface area (Å²) >= 11 is 0. The van der Waals surface area contributed by atoms with Gasteiger partial charge in [-0.05, 0) is 55.6 Å². The van der Waals surface area contributed by atoms with Crippen molar-refractivity contribution in [2.75, 3.05) is 13.7 Å². The Morgan fingerprint density at radius 2 is 1.93 bits per heavy atom. The van der Waals surface area contributed by atoms with Crippen LogP contribution in [-0.4, -0.2) is 29.2 Å². The molecule has 1 aliphatic rings. The predicted octanol–water partition coefficient (Wildman–Crippen LogP) is 5.05. The van der Waals surface area contributed by atoms with Gasteiger partial charge in [0.1, 0.15) is 5.75 Å². The second kappa shape index (κ2) is 7.77. The first kappa shape index (κ1) is 18.1. The molecule has 1 aromatic heterocycles. The Bertz CT molecular complexity index is 913. The zero-order valence-electron chi connectivity index (χ0n) is 16.7. The Morgan fingerprint density at radius 3 is 2.67 bits per heavy atom. The highest BCUT2D eigenvalue weighted by Gasteiger charge is 2.27. The fraction of sp³-hybridized carbons (Fsp3) is 0.417. The van der Waals surface area contributed by atoms with Crippen molar-refractivity contribution < 1.29 is 4.74 Å². The minimum absolute atomic E-state index is 0.599. The quantitative estimate of drug-likeness (QED) is 0.610. The lowest BCUT2D eigenvalue weighted by molar-refractivity contribution is 0.192. The zero-order valence-corrected chi connectivity index (χ0v) is 16.7. The standard InChI is InChI=1S/C24H30N2O/c1-4-25-17-22-21-16-20(27-3)12-13-23(21)26(24(22)15-18(25)2)14-8-11-19-9-6-5-7-10-19/h5-7,9-10,12-13,16,18H,4,8,11,14-15,17H2,1-3H3. The van der Waals surface area contributed by atoms with Crippen LogP contribution in [0.4, 0.5) is 0 Å². The van der Waals surface area contributed by atoms with Gasteiger partial charge in [-0.15, -0.1) is 0 Å². The minimum Gasteiger partial charge on any atom is -0.497 e. The third-order valence-corrected chi connectivity index (χ3v) is 6.06. The number of methoxy groups -OCH3 is 1. The molecule has 4 rings (SSSR count). The molecule has 0 saturated heterocycles. The summed E-state index contributed by atoms with van der Waals surface area (Å²) in [5.41, 5.74) is 5.82. The van der Waals surface area contributed by atoms with E-state index in [0.717, 1.165) is 44.6 Å². The Hall–Kier alpha value is -2.26. The van der Waals surface area contributed by atoms with Gasteiger partial charge in [0.2, 0.25) is 0 Å². The molecule has 3 aromatic rings. The van der Waals surface area contributed by atoms with E-state index in [0.29, 0.717) is 6.04 Å². The van der Waals surface area contributed by atoms with E-state index < -0.39 is 0 Å². The minimum atomic E-state index is 0.599. The lowest BCUT2D eigenvalue weighted by Gasteiger charge is -2.33. The monoisotopic (exact) mass is 362 g/mol. The van der Waals surface area contributed by atoms with Gasteiger partial charge < -0.3 is 9.30 Å². The van der Waals surface area contributed by atoms with Crippen LogP contribution in [0.25, 0.3) is 10.9 Å². The normalized spacial score (nSPS) is 17.2. The van der Waals surface area contributed by atoms with Crippen molar-refractivity contribution in [3.63, 3.8) is 0 Å². The number of aromatic nitrogens is 1. The van der Waals surface area contributed by atoms with Crippen molar-refractivity contribution in [1.82, 2.24) is 9.47 Å². The van der Waals surface area contributed by atoms with Gasteiger partial charge in [-0.3, -0.25) is 4.90 Å². The number of hydrogen-bond donors (Lipinski definition) is 0. The molecular formula is C24H30N2O. The van der Waals surface area contributed by atoms with Crippen LogP contribution in [0.15, 0.2) is 48.5 Å². The van der Waals surface area contributed by atoms with Gasteiger partial charge in [-0.1, -0.05) is 37.3 Å². The number of rotatable bonds is 6. The van der Waals surface area contributed by atoms with E-state index in [-0.39, 0.29) is 0 Å². The summed E-state index contributed by atoms with van der Waals surface area (Å²) in [6.07, 6.45) is 3.42. The highest BCUT2D eigenvalue weighted by molar-refractivity contribution is 5.87. The van der Waals surface area contributed by atoms with Crippen molar-refractivity contribution in [2.24, 2.45) is 0 Å². The number of nitrogens with zero attached hydrogens (tertiary/aromatic N) is 2. The van der Waals surface area contributed by atoms with Crippen LogP contribution in [-0.2, 0) is 25.9 Å². The highest BCUT2D eigenvalue weighted by atomic mass is 16.5. The number of ether oxygens (including phenoxy) is 1. The molecule has 0 aliphatic carbocycles. The molecule has 3 nitrogen and oxygen atoms in total. The van der Waals surface area contributed by atoms with Crippen LogP contribution >= 0.6 is 0 Å². The van der Waals surface area contributed by atoms with Gasteiger partial charge in [0.25, 0.3) is 0 Å². The average molecular weight is 363 g/mol. The van der Waals surface area contributed by atoms with E-state index in [9.17, 15) is 0 Å². The second-order valence-electron chi connectivity index (χ2n) is 7.67. The third kappa shape index (κ3) is 3.49. The van der Waals surface area contributed by atoms with E-state index in [1.165, 1.54) is 27.7 Å². The summed E-state index contributed by atoms with van der Waals surface area (Å²) in [6, 6.07) is 18.0. The molecule has 1 aliphatic heterocycles. The molecule has 0 spiro atoms. The summed E-state index contributed by atoms with van der Waals surface area (Å²) < 4.78 is 8.09. The van der Waals surface area contributed by atoms with Crippen molar-refractivity contribution in [3.05, 3.63) is 65.4 Å². The highest BCUT2D eigenvalue weighted by Crippen LogP contribution is 2.35. The molecule has 2 aromatic carbocycles. The van der Waals surface area contributed by atoms with E-state index in [1.54, 1.807) is 7.11 Å². The fourth-order valence-electron chi connectivity index (χ4n) is 4.53. The van der Waals surface area contributed by atoms with Crippen molar-refractivity contribution >= 4 is 10.9 Å². The maximum absolute atomic E-state index is 5.51. The van der Waals surface area contributed by atoms with Crippen LogP contribution in [0.2, 0.25) is 0 Å². The fourth-order valence-corrected chi connectivity index (χ4v) is 4.53. The van der Waals surface area contributed by atoms with Crippen LogP contribution in [0, 0.1) is 0 Å². The van der Waals surface area contributed by atoms with Crippen LogP contribution in [0.1, 0.15) is 37.1 Å². The molecule has 0 N–H and O–H groups in total. The number of likely N-dealkylation sites (N-methyl/N-ethyl adjacent to an activating group) is 1. The smallest absolute Gasteiger partial charge is 0.119 e. The topological polar surface area (TPSA) is 17.4 Å². The van der Waals surface area contributed by atoms with Gasteiger partial charge >= 0.3 is 0 Å². The summed E-state index contributed by atoms with van der Waals surface area (Å²) in [7, 11) is 1.75. The molecule has 2 heterocycles. The molecule has 3 heteroatoms. The van der Waals surface area contributed by atoms with Gasteiger partial charge in [0.05, 0.1) is 7.11 Å². The van der Waals surface area contributed by atoms with Gasteiger partial charge in [0, 0.05) is 42.1 Å². The average Bonchev–Trinajstić information content (AvgIpc) is 3.00. The summed E-state index contributed by atoms with van der Waals surface area (Å²) in [6.45, 7) is 7.85. The Kier molecular flexibility index (Phi) is 5.22. The van der Waals surface area contributed by atoms with E-state index in [4.69, 9.17) is 4.74 Å². The molecule has 0 amide bonds. The van der Waals surface area contributed by atoms with Crippen molar-refractivity contribution in [2.45, 2.75) is 52.2 Å². The lowest BCUT2D eigenvalue weighted by Crippen LogP contribution is -2.38. The van der Waals surface area contributed by atoms with Gasteiger partial charge in [-0.2, -0.15) is 0 Å². The molecule has 142 valence electrons. The molecule has 0 saturated carbocycles. The van der Waals surface area contributed by atoms with E-state index >= 15 is 0 Å². The summed E-state index contributed by atoms with van der Waals surface area (Å²) in [4.78, 5) is 2.58. The Balaban J connectivity index is 1.68. The Labute approximate surface area is 162 Å². The predicted molar refractivity (Wildman–Crippen MR) is 113 cm³/mol. The molecule has 0 radical (unpaired) electrons. The Morgan fingerprint density at radius 1 is 1.11 bits per heavy atom. The molecule has 0 fully saturated rings. The number of hydrogen-bond acceptors (Lipinski definition) is 2. The number of aryl methyl sites for hydroxylation is 2. The van der Waals surface area contributed by atoms with Crippen LogP contribution < -0.4 is 4.74 Å². The number of benzene rings is 2. The summed E-state index contributed by atoms with van der Waals surface area (Å²) in [5.74, 6) is 0.952. The van der Waals surface area contributed by atoms with Gasteiger partial charge in [0.15, 0.2) is 0 Å². The first-order chi connectivity index (χ1) is 13.2. The summed E-state index contributed by atoms with van der Waals surface area (Å²) in [5, 5.41) is 1.37. The van der Waals surface area contributed by atoms with E-state index in [2.05, 4.69) is 71.8 Å². The maximum atomic E-state index is 5.51. The first-order valence-corrected chi connectivity index (χ1v) is 10.2. The lowest BCUT2D eigenvalue weighted by atomic mass is 9.99. The van der Waals surface area contributed by atoms with Crippen molar-refractivity contribution in [3.8, 4) is 5.75 Å². The molecule has 0 bridgehead atoms. The van der Waals surface area contributed by atoms with E-state index in [1.807, 2.05) is 0 Å². The molecular weight excluding hydrogens is 332 g/mol. The number of fused-ring (bicyclic) bond motifs is 3. The first-order valence-electron chi connectivity index (χ1n) is 10.2. The largest absolute Gasteiger partial charge is 0.497 e. The van der Waals surface area contributed by atoms with Crippen LogP contribution in [0.5, 0.6) is 5.75 Å². The SMILES string of the molecule is CCN1Cc2c(n(CCCc3ccccc3)c3ccc(OC)cc23)CC1C. The second-order valence-corrected chi connectivity index (χ2v) is 7.67. The molecule has 1 atom stereocenters. The molecule has 1 unspecified atom stereocenters. The third-order valence-electron chi connectivity index (χ3n) is 6.06. The van der Waals surface area contributed by atoms with Gasteiger partial charge in [-0.25, -0.2) is 0 Å².